The number of hydrogen-bond acceptors (Lipinski definition) is 6. The van der Waals surface area contributed by atoms with E-state index in [1.807, 2.05) is 79.7 Å². The number of amides is 4. The van der Waals surface area contributed by atoms with Crippen LogP contribution in [0.2, 0.25) is 0 Å². The number of ether oxygens (including phenoxy) is 2. The van der Waals surface area contributed by atoms with Crippen LogP contribution < -0.4 is 24.6 Å². The van der Waals surface area contributed by atoms with Gasteiger partial charge in [0.15, 0.2) is 11.5 Å². The molecule has 0 spiro atoms. The van der Waals surface area contributed by atoms with Crippen LogP contribution in [0.5, 0.6) is 11.5 Å². The number of barbiturate groups is 1. The fraction of sp³-hybridized carbons (Fsp3) is 0.205. The first-order valence-corrected chi connectivity index (χ1v) is 18.6. The third kappa shape index (κ3) is 6.61. The highest BCUT2D eigenvalue weighted by Gasteiger charge is 2.40. The molecule has 3 aliphatic rings. The summed E-state index contributed by atoms with van der Waals surface area (Å²) in [6.45, 7) is 4.19. The first-order valence-electron chi connectivity index (χ1n) is 17.8. The normalized spacial score (nSPS) is 18.8. The Kier molecular flexibility index (Phi) is 9.35. The molecule has 3 heterocycles. The van der Waals surface area contributed by atoms with Crippen LogP contribution in [0.25, 0.3) is 6.08 Å². The van der Waals surface area contributed by atoms with Gasteiger partial charge in [-0.1, -0.05) is 90.5 Å². The minimum absolute atomic E-state index is 0.0758. The second kappa shape index (κ2) is 14.4. The molecule has 53 heavy (non-hydrogen) atoms. The van der Waals surface area contributed by atoms with Gasteiger partial charge in [0.25, 0.3) is 11.8 Å². The van der Waals surface area contributed by atoms with Crippen LogP contribution in [-0.2, 0) is 16.2 Å². The van der Waals surface area contributed by atoms with E-state index in [2.05, 4.69) is 50.4 Å². The molecule has 0 aliphatic carbocycles. The predicted molar refractivity (Wildman–Crippen MR) is 210 cm³/mol. The smallest absolute Gasteiger partial charge is 0.335 e. The number of methoxy groups -OCH3 is 1. The molecule has 1 N–H and O–H groups in total. The molecule has 5 aromatic rings. The van der Waals surface area contributed by atoms with Gasteiger partial charge in [0.2, 0.25) is 0 Å². The number of rotatable bonds is 8. The summed E-state index contributed by atoms with van der Waals surface area (Å²) < 4.78 is 12.4. The summed E-state index contributed by atoms with van der Waals surface area (Å²) in [5, 5.41) is 2.43. The molecule has 2 atom stereocenters. The Balaban J connectivity index is 1.18. The Hall–Kier alpha value is -5.67. The molecule has 1 saturated heterocycles. The van der Waals surface area contributed by atoms with Gasteiger partial charge >= 0.3 is 6.03 Å². The zero-order chi connectivity index (χ0) is 36.6. The lowest BCUT2D eigenvalue weighted by Gasteiger charge is -2.44. The Morgan fingerprint density at radius 1 is 0.811 bits per heavy atom. The van der Waals surface area contributed by atoms with Crippen molar-refractivity contribution < 1.29 is 23.9 Å². The maximum absolute atomic E-state index is 14.4. The summed E-state index contributed by atoms with van der Waals surface area (Å²) in [6, 6.07) is 35.5. The number of benzene rings is 5. The summed E-state index contributed by atoms with van der Waals surface area (Å²) in [5.74, 6) is -0.396. The van der Waals surface area contributed by atoms with Crippen molar-refractivity contribution in [2.75, 3.05) is 30.0 Å². The summed E-state index contributed by atoms with van der Waals surface area (Å²) >= 11 is 3.60. The Bertz CT molecular complexity index is 2180. The van der Waals surface area contributed by atoms with Gasteiger partial charge in [-0.2, -0.15) is 0 Å². The van der Waals surface area contributed by atoms with Crippen LogP contribution in [0.4, 0.5) is 16.2 Å². The number of imide groups is 2. The summed E-state index contributed by atoms with van der Waals surface area (Å²) in [4.78, 5) is 44.9. The standard InChI is InChI=1S/C44H38BrN3O5/c1-27-13-15-28(16-14-27)26-53-41-38(45)22-29(23-39(41)52-2)21-37-42(49)46-44(51)48(43(37)50)32-24-35-33(30-9-5-3-6-10-30)17-19-47-20-18-34(36(25-32)40(35)47)31-11-7-4-8-12-31/h3-16,21-25,33-34H,17-20,26H2,1-2H3,(H,46,49,51)/b37-21+/t33-,34-/m0/s1. The van der Waals surface area contributed by atoms with E-state index in [9.17, 15) is 14.4 Å². The molecule has 0 unspecified atom stereocenters. The number of halogens is 1. The molecule has 1 fully saturated rings. The van der Waals surface area contributed by atoms with E-state index in [-0.39, 0.29) is 17.4 Å². The average molecular weight is 769 g/mol. The van der Waals surface area contributed by atoms with Crippen LogP contribution in [0.1, 0.15) is 63.6 Å². The third-order valence-electron chi connectivity index (χ3n) is 10.4. The van der Waals surface area contributed by atoms with E-state index in [0.717, 1.165) is 53.1 Å². The van der Waals surface area contributed by atoms with E-state index in [4.69, 9.17) is 9.47 Å². The van der Waals surface area contributed by atoms with Crippen molar-refractivity contribution in [2.24, 2.45) is 0 Å². The number of carbonyl (C=O) groups is 3. The van der Waals surface area contributed by atoms with Crippen molar-refractivity contribution in [1.29, 1.82) is 0 Å². The van der Waals surface area contributed by atoms with Crippen molar-refractivity contribution in [3.05, 3.63) is 158 Å². The van der Waals surface area contributed by atoms with E-state index in [0.29, 0.717) is 33.8 Å². The highest BCUT2D eigenvalue weighted by Crippen LogP contribution is 2.50. The molecule has 0 saturated carbocycles. The molecule has 9 heteroatoms. The van der Waals surface area contributed by atoms with Gasteiger partial charge < -0.3 is 14.4 Å². The Morgan fingerprint density at radius 2 is 1.42 bits per heavy atom. The number of urea groups is 1. The fourth-order valence-corrected chi connectivity index (χ4v) is 8.40. The lowest BCUT2D eigenvalue weighted by Crippen LogP contribution is -2.54. The molecule has 8 nitrogen and oxygen atoms in total. The third-order valence-corrected chi connectivity index (χ3v) is 11.0. The Labute approximate surface area is 317 Å². The van der Waals surface area contributed by atoms with Gasteiger partial charge in [0, 0.05) is 30.6 Å². The molecule has 5 aromatic carbocycles. The zero-order valence-corrected chi connectivity index (χ0v) is 31.1. The first kappa shape index (κ1) is 34.4. The van der Waals surface area contributed by atoms with Crippen molar-refractivity contribution in [3.8, 4) is 11.5 Å². The number of carbonyl (C=O) groups excluding carboxylic acids is 3. The fourth-order valence-electron chi connectivity index (χ4n) is 7.83. The Morgan fingerprint density at radius 3 is 2.00 bits per heavy atom. The molecule has 4 amide bonds. The van der Waals surface area contributed by atoms with Gasteiger partial charge in [-0.05, 0) is 99.4 Å². The predicted octanol–water partition coefficient (Wildman–Crippen LogP) is 8.89. The second-order valence-corrected chi connectivity index (χ2v) is 14.6. The number of nitrogens with one attached hydrogen (secondary N) is 1. The molecular formula is C44H38BrN3O5. The second-order valence-electron chi connectivity index (χ2n) is 13.7. The van der Waals surface area contributed by atoms with Gasteiger partial charge in [-0.3, -0.25) is 14.9 Å². The van der Waals surface area contributed by atoms with Crippen molar-refractivity contribution in [3.63, 3.8) is 0 Å². The minimum atomic E-state index is -0.779. The topological polar surface area (TPSA) is 88.2 Å². The van der Waals surface area contributed by atoms with Crippen LogP contribution in [0.15, 0.2) is 119 Å². The van der Waals surface area contributed by atoms with Gasteiger partial charge in [0.05, 0.1) is 17.3 Å². The van der Waals surface area contributed by atoms with E-state index < -0.39 is 17.8 Å². The van der Waals surface area contributed by atoms with Gasteiger partial charge in [-0.25, -0.2) is 9.69 Å². The molecule has 8 rings (SSSR count). The highest BCUT2D eigenvalue weighted by atomic mass is 79.9. The largest absolute Gasteiger partial charge is 0.493 e. The van der Waals surface area contributed by atoms with Crippen molar-refractivity contribution >= 4 is 51.2 Å². The monoisotopic (exact) mass is 767 g/mol. The van der Waals surface area contributed by atoms with Crippen LogP contribution in [0.3, 0.4) is 0 Å². The van der Waals surface area contributed by atoms with Gasteiger partial charge in [0.1, 0.15) is 12.2 Å². The number of hydrogen-bond donors (Lipinski definition) is 1. The lowest BCUT2D eigenvalue weighted by atomic mass is 9.76. The van der Waals surface area contributed by atoms with Crippen molar-refractivity contribution in [2.45, 2.75) is 38.2 Å². The highest BCUT2D eigenvalue weighted by molar-refractivity contribution is 9.10. The molecule has 0 aromatic heterocycles. The summed E-state index contributed by atoms with van der Waals surface area (Å²) in [7, 11) is 1.53. The maximum atomic E-state index is 14.4. The first-order chi connectivity index (χ1) is 25.8. The average Bonchev–Trinajstić information content (AvgIpc) is 3.17. The number of aryl methyl sites for hydroxylation is 1. The molecular weight excluding hydrogens is 730 g/mol. The van der Waals surface area contributed by atoms with Crippen LogP contribution >= 0.6 is 15.9 Å². The molecule has 0 radical (unpaired) electrons. The molecule has 0 bridgehead atoms. The molecule has 3 aliphatic heterocycles. The zero-order valence-electron chi connectivity index (χ0n) is 29.5. The lowest BCUT2D eigenvalue weighted by molar-refractivity contribution is -0.122. The molecule has 266 valence electrons. The number of anilines is 2. The van der Waals surface area contributed by atoms with E-state index in [1.54, 1.807) is 12.1 Å². The quantitative estimate of drug-likeness (QED) is 0.125. The van der Waals surface area contributed by atoms with Crippen molar-refractivity contribution in [1.82, 2.24) is 5.32 Å². The van der Waals surface area contributed by atoms with E-state index >= 15 is 0 Å². The summed E-state index contributed by atoms with van der Waals surface area (Å²) in [5.41, 5.74) is 8.64. The maximum Gasteiger partial charge on any atom is 0.335 e. The number of nitrogens with zero attached hydrogens (tertiary/aromatic N) is 2. The minimum Gasteiger partial charge on any atom is -0.493 e. The van der Waals surface area contributed by atoms with Crippen LogP contribution in [-0.4, -0.2) is 38.0 Å². The SMILES string of the molecule is COc1cc(/C=C2\C(=O)NC(=O)N(c3cc4c5c(c3)[C@H](c3ccccc3)CCN5CC[C@H]4c3ccccc3)C2=O)cc(Br)c1OCc1ccc(C)cc1. The van der Waals surface area contributed by atoms with Gasteiger partial charge in [-0.15, -0.1) is 0 Å². The van der Waals surface area contributed by atoms with E-state index in [1.165, 1.54) is 30.0 Å². The van der Waals surface area contributed by atoms with Crippen LogP contribution in [0, 0.1) is 6.92 Å². The summed E-state index contributed by atoms with van der Waals surface area (Å²) in [6.07, 6.45) is 3.29.